The Morgan fingerprint density at radius 2 is 1.85 bits per heavy atom. The van der Waals surface area contributed by atoms with Crippen LogP contribution < -0.4 is 5.32 Å². The van der Waals surface area contributed by atoms with Gasteiger partial charge in [-0.05, 0) is 35.9 Å². The molecule has 0 aliphatic carbocycles. The lowest BCUT2D eigenvalue weighted by molar-refractivity contribution is 0.614. The molecule has 1 nitrogen and oxygen atoms in total. The molecule has 1 unspecified atom stereocenters. The van der Waals surface area contributed by atoms with Crippen molar-refractivity contribution in [1.82, 2.24) is 5.32 Å². The molecule has 2 aromatic rings. The summed E-state index contributed by atoms with van der Waals surface area (Å²) in [7, 11) is 0. The van der Waals surface area contributed by atoms with Gasteiger partial charge in [0.15, 0.2) is 0 Å². The van der Waals surface area contributed by atoms with E-state index in [2.05, 4.69) is 5.32 Å². The van der Waals surface area contributed by atoms with Crippen molar-refractivity contribution in [3.8, 4) is 0 Å². The molecule has 2 aromatic carbocycles. The summed E-state index contributed by atoms with van der Waals surface area (Å²) < 4.78 is 13.3. The van der Waals surface area contributed by atoms with E-state index in [1.54, 1.807) is 18.2 Å². The first-order chi connectivity index (χ1) is 9.54. The van der Waals surface area contributed by atoms with Crippen molar-refractivity contribution in [2.45, 2.75) is 13.0 Å². The van der Waals surface area contributed by atoms with Gasteiger partial charge >= 0.3 is 0 Å². The zero-order chi connectivity index (χ0) is 14.7. The molecular formula is C15H13Cl3FN. The highest BCUT2D eigenvalue weighted by molar-refractivity contribution is 6.42. The summed E-state index contributed by atoms with van der Waals surface area (Å²) >= 11 is 18.2. The van der Waals surface area contributed by atoms with E-state index in [9.17, 15) is 4.39 Å². The van der Waals surface area contributed by atoms with Crippen LogP contribution in [0.2, 0.25) is 15.1 Å². The van der Waals surface area contributed by atoms with Crippen molar-refractivity contribution in [2.75, 3.05) is 6.54 Å². The van der Waals surface area contributed by atoms with Gasteiger partial charge in [0.2, 0.25) is 0 Å². The van der Waals surface area contributed by atoms with Gasteiger partial charge in [0.25, 0.3) is 0 Å². The number of rotatable bonds is 4. The number of hydrogen-bond donors (Lipinski definition) is 1. The summed E-state index contributed by atoms with van der Waals surface area (Å²) in [6, 6.07) is 9.89. The van der Waals surface area contributed by atoms with Crippen LogP contribution in [-0.4, -0.2) is 6.54 Å². The maximum Gasteiger partial charge on any atom is 0.141 e. The van der Waals surface area contributed by atoms with Crippen LogP contribution in [0.1, 0.15) is 24.1 Å². The van der Waals surface area contributed by atoms with Crippen molar-refractivity contribution in [3.63, 3.8) is 0 Å². The molecule has 1 atom stereocenters. The maximum atomic E-state index is 13.3. The van der Waals surface area contributed by atoms with E-state index in [0.717, 1.165) is 17.7 Å². The second kappa shape index (κ2) is 6.77. The summed E-state index contributed by atoms with van der Waals surface area (Å²) in [4.78, 5) is 0. The number of halogens is 4. The van der Waals surface area contributed by atoms with Gasteiger partial charge in [-0.2, -0.15) is 0 Å². The van der Waals surface area contributed by atoms with Gasteiger partial charge in [0.1, 0.15) is 5.82 Å². The average molecular weight is 333 g/mol. The Morgan fingerprint density at radius 1 is 1.10 bits per heavy atom. The van der Waals surface area contributed by atoms with Gasteiger partial charge in [-0.3, -0.25) is 0 Å². The Kier molecular flexibility index (Phi) is 5.28. The lowest BCUT2D eigenvalue weighted by Gasteiger charge is -2.21. The van der Waals surface area contributed by atoms with Gasteiger partial charge in [-0.25, -0.2) is 4.39 Å². The Bertz CT molecular complexity index is 616. The molecule has 0 fully saturated rings. The van der Waals surface area contributed by atoms with E-state index >= 15 is 0 Å². The summed E-state index contributed by atoms with van der Waals surface area (Å²) in [5.41, 5.74) is 1.67. The van der Waals surface area contributed by atoms with Crippen LogP contribution in [0.3, 0.4) is 0 Å². The molecule has 106 valence electrons. The lowest BCUT2D eigenvalue weighted by Crippen LogP contribution is -2.22. The second-order valence-electron chi connectivity index (χ2n) is 4.31. The van der Waals surface area contributed by atoms with Crippen molar-refractivity contribution in [2.24, 2.45) is 0 Å². The maximum absolute atomic E-state index is 13.3. The highest BCUT2D eigenvalue weighted by Gasteiger charge is 2.18. The monoisotopic (exact) mass is 331 g/mol. The van der Waals surface area contributed by atoms with Gasteiger partial charge < -0.3 is 5.32 Å². The van der Waals surface area contributed by atoms with Gasteiger partial charge in [0, 0.05) is 0 Å². The summed E-state index contributed by atoms with van der Waals surface area (Å²) in [5, 5.41) is 4.37. The summed E-state index contributed by atoms with van der Waals surface area (Å²) in [6.45, 7) is 2.71. The van der Waals surface area contributed by atoms with E-state index < -0.39 is 5.82 Å². The molecular weight excluding hydrogens is 320 g/mol. The molecule has 0 aromatic heterocycles. The minimum atomic E-state index is -0.442. The molecule has 0 amide bonds. The number of hydrogen-bond acceptors (Lipinski definition) is 1. The van der Waals surface area contributed by atoms with Gasteiger partial charge in [-0.1, -0.05) is 59.9 Å². The van der Waals surface area contributed by atoms with Gasteiger partial charge in [-0.15, -0.1) is 0 Å². The molecule has 0 bridgehead atoms. The molecule has 1 N–H and O–H groups in total. The van der Waals surface area contributed by atoms with Crippen molar-refractivity contribution < 1.29 is 4.39 Å². The fraction of sp³-hybridized carbons (Fsp3) is 0.200. The van der Waals surface area contributed by atoms with E-state index in [1.165, 1.54) is 6.07 Å². The normalized spacial score (nSPS) is 12.4. The highest BCUT2D eigenvalue weighted by Crippen LogP contribution is 2.34. The SMILES string of the molecule is CCNC(c1ccc(F)c(Cl)c1)c1cccc(Cl)c1Cl. The van der Waals surface area contributed by atoms with Crippen LogP contribution in [0.25, 0.3) is 0 Å². The third-order valence-corrected chi connectivity index (χ3v) is 4.10. The highest BCUT2D eigenvalue weighted by atomic mass is 35.5. The molecule has 0 spiro atoms. The lowest BCUT2D eigenvalue weighted by atomic mass is 9.98. The van der Waals surface area contributed by atoms with Crippen LogP contribution in [0.15, 0.2) is 36.4 Å². The first-order valence-corrected chi connectivity index (χ1v) is 7.30. The van der Waals surface area contributed by atoms with E-state index in [4.69, 9.17) is 34.8 Å². The third-order valence-electron chi connectivity index (χ3n) is 2.98. The van der Waals surface area contributed by atoms with Gasteiger partial charge in [0.05, 0.1) is 21.1 Å². The molecule has 0 aliphatic heterocycles. The molecule has 2 rings (SSSR count). The molecule has 0 saturated carbocycles. The quantitative estimate of drug-likeness (QED) is 0.781. The van der Waals surface area contributed by atoms with E-state index in [0.29, 0.717) is 10.0 Å². The molecule has 0 heterocycles. The Balaban J connectivity index is 2.50. The first-order valence-electron chi connectivity index (χ1n) is 6.16. The summed E-state index contributed by atoms with van der Waals surface area (Å²) in [6.07, 6.45) is 0. The minimum Gasteiger partial charge on any atom is -0.306 e. The predicted octanol–water partition coefficient (Wildman–Crippen LogP) is 5.48. The van der Waals surface area contributed by atoms with Crippen LogP contribution in [0, 0.1) is 5.82 Å². The number of benzene rings is 2. The van der Waals surface area contributed by atoms with Crippen molar-refractivity contribution in [3.05, 3.63) is 68.4 Å². The van der Waals surface area contributed by atoms with Crippen LogP contribution in [-0.2, 0) is 0 Å². The summed E-state index contributed by atoms with van der Waals surface area (Å²) in [5.74, 6) is -0.442. The minimum absolute atomic E-state index is 0.0866. The molecule has 0 aliphatic rings. The first kappa shape index (κ1) is 15.6. The molecule has 0 saturated heterocycles. The largest absolute Gasteiger partial charge is 0.306 e. The van der Waals surface area contributed by atoms with Crippen LogP contribution in [0.5, 0.6) is 0 Å². The standard InChI is InChI=1S/C15H13Cl3FN/c1-2-20-15(9-6-7-13(19)12(17)8-9)10-4-3-5-11(16)14(10)18/h3-8,15,20H,2H2,1H3. The second-order valence-corrected chi connectivity index (χ2v) is 5.50. The predicted molar refractivity (Wildman–Crippen MR) is 83.4 cm³/mol. The van der Waals surface area contributed by atoms with E-state index in [-0.39, 0.29) is 11.1 Å². The fourth-order valence-electron chi connectivity index (χ4n) is 2.05. The van der Waals surface area contributed by atoms with E-state index in [1.807, 2.05) is 19.1 Å². The topological polar surface area (TPSA) is 12.0 Å². The van der Waals surface area contributed by atoms with Crippen LogP contribution >= 0.6 is 34.8 Å². The molecule has 0 radical (unpaired) electrons. The third kappa shape index (κ3) is 3.26. The molecule has 5 heteroatoms. The average Bonchev–Trinajstić information content (AvgIpc) is 2.43. The number of nitrogens with one attached hydrogen (secondary N) is 1. The smallest absolute Gasteiger partial charge is 0.141 e. The van der Waals surface area contributed by atoms with Crippen LogP contribution in [0.4, 0.5) is 4.39 Å². The van der Waals surface area contributed by atoms with Crippen molar-refractivity contribution >= 4 is 34.8 Å². The Hall–Kier alpha value is -0.800. The fourth-order valence-corrected chi connectivity index (χ4v) is 2.65. The van der Waals surface area contributed by atoms with Crippen molar-refractivity contribution in [1.29, 1.82) is 0 Å². The zero-order valence-electron chi connectivity index (χ0n) is 10.8. The Morgan fingerprint density at radius 3 is 2.50 bits per heavy atom. The molecule has 20 heavy (non-hydrogen) atoms. The zero-order valence-corrected chi connectivity index (χ0v) is 13.0. The Labute approximate surface area is 132 Å².